The van der Waals surface area contributed by atoms with E-state index in [9.17, 15) is 0 Å². The largest absolute Gasteiger partial charge is 0.458 e. The highest BCUT2D eigenvalue weighted by Crippen LogP contribution is 2.26. The molecule has 0 aromatic carbocycles. The average Bonchev–Trinajstić information content (AvgIpc) is 2.78. The first-order valence-corrected chi connectivity index (χ1v) is 5.28. The zero-order valence-corrected chi connectivity index (χ0v) is 9.17. The molecule has 0 bridgehead atoms. The Bertz CT molecular complexity index is 391. The summed E-state index contributed by atoms with van der Waals surface area (Å²) < 4.78 is 10.7. The average molecular weight is 222 g/mol. The van der Waals surface area contributed by atoms with E-state index in [1.54, 1.807) is 6.07 Å². The number of rotatable bonds is 3. The van der Waals surface area contributed by atoms with Crippen molar-refractivity contribution >= 4 is 5.88 Å². The van der Waals surface area contributed by atoms with Gasteiger partial charge in [0.05, 0.1) is 19.3 Å². The van der Waals surface area contributed by atoms with E-state index in [0.29, 0.717) is 5.88 Å². The van der Waals surface area contributed by atoms with Gasteiger partial charge in [0, 0.05) is 18.0 Å². The van der Waals surface area contributed by atoms with Gasteiger partial charge in [0.2, 0.25) is 0 Å². The molecule has 16 heavy (non-hydrogen) atoms. The smallest absolute Gasteiger partial charge is 0.190 e. The SMILES string of the molecule is CC(c1ccc(N=[N+]=[N-])o1)N1CCOCC1. The summed E-state index contributed by atoms with van der Waals surface area (Å²) in [5.74, 6) is 1.14. The topological polar surface area (TPSA) is 74.4 Å². The summed E-state index contributed by atoms with van der Waals surface area (Å²) in [7, 11) is 0. The maximum Gasteiger partial charge on any atom is 0.190 e. The Morgan fingerprint density at radius 2 is 2.19 bits per heavy atom. The third-order valence-corrected chi connectivity index (χ3v) is 2.76. The van der Waals surface area contributed by atoms with Gasteiger partial charge in [0.15, 0.2) is 5.88 Å². The van der Waals surface area contributed by atoms with Crippen LogP contribution in [0, 0.1) is 0 Å². The van der Waals surface area contributed by atoms with Crippen molar-refractivity contribution in [3.63, 3.8) is 0 Å². The molecule has 0 N–H and O–H groups in total. The highest BCUT2D eigenvalue weighted by Gasteiger charge is 2.20. The van der Waals surface area contributed by atoms with Crippen LogP contribution in [0.4, 0.5) is 5.88 Å². The van der Waals surface area contributed by atoms with Crippen molar-refractivity contribution in [2.75, 3.05) is 26.3 Å². The fourth-order valence-electron chi connectivity index (χ4n) is 1.81. The molecule has 1 aromatic rings. The van der Waals surface area contributed by atoms with Crippen LogP contribution in [0.15, 0.2) is 21.7 Å². The normalized spacial score (nSPS) is 19.1. The predicted octanol–water partition coefficient (Wildman–Crippen LogP) is 2.61. The van der Waals surface area contributed by atoms with Crippen molar-refractivity contribution in [1.29, 1.82) is 0 Å². The second-order valence-electron chi connectivity index (χ2n) is 3.69. The zero-order valence-electron chi connectivity index (χ0n) is 9.17. The van der Waals surface area contributed by atoms with Gasteiger partial charge in [-0.15, -0.1) is 0 Å². The molecule has 1 atom stereocenters. The minimum Gasteiger partial charge on any atom is -0.458 e. The van der Waals surface area contributed by atoms with E-state index in [-0.39, 0.29) is 6.04 Å². The molecule has 1 saturated heterocycles. The Balaban J connectivity index is 2.06. The first-order valence-electron chi connectivity index (χ1n) is 5.28. The molecule has 1 fully saturated rings. The van der Waals surface area contributed by atoms with Gasteiger partial charge in [-0.05, 0) is 29.7 Å². The molecule has 0 saturated carbocycles. The molecule has 1 aliphatic heterocycles. The fraction of sp³-hybridized carbons (Fsp3) is 0.600. The van der Waals surface area contributed by atoms with Crippen LogP contribution in [0.25, 0.3) is 10.4 Å². The molecule has 1 unspecified atom stereocenters. The molecule has 6 heteroatoms. The van der Waals surface area contributed by atoms with Crippen LogP contribution in [-0.4, -0.2) is 31.2 Å². The van der Waals surface area contributed by atoms with Crippen LogP contribution in [-0.2, 0) is 4.74 Å². The predicted molar refractivity (Wildman–Crippen MR) is 58.3 cm³/mol. The lowest BCUT2D eigenvalue weighted by Gasteiger charge is -2.30. The molecule has 6 nitrogen and oxygen atoms in total. The number of ether oxygens (including phenoxy) is 1. The third-order valence-electron chi connectivity index (χ3n) is 2.76. The number of furan rings is 1. The maximum atomic E-state index is 8.29. The number of hydrogen-bond donors (Lipinski definition) is 0. The molecular formula is C10H14N4O2. The minimum atomic E-state index is 0.187. The Labute approximate surface area is 93.4 Å². The highest BCUT2D eigenvalue weighted by atomic mass is 16.5. The van der Waals surface area contributed by atoms with Crippen LogP contribution >= 0.6 is 0 Å². The summed E-state index contributed by atoms with van der Waals surface area (Å²) in [6, 6.07) is 3.72. The third kappa shape index (κ3) is 2.36. The van der Waals surface area contributed by atoms with Crippen molar-refractivity contribution < 1.29 is 9.15 Å². The van der Waals surface area contributed by atoms with Gasteiger partial charge in [-0.2, -0.15) is 0 Å². The summed E-state index contributed by atoms with van der Waals surface area (Å²) in [5, 5.41) is 3.43. The van der Waals surface area contributed by atoms with E-state index >= 15 is 0 Å². The Morgan fingerprint density at radius 3 is 2.88 bits per heavy atom. The van der Waals surface area contributed by atoms with Crippen molar-refractivity contribution in [2.45, 2.75) is 13.0 Å². The zero-order chi connectivity index (χ0) is 11.4. The molecule has 2 rings (SSSR count). The number of morpholine rings is 1. The van der Waals surface area contributed by atoms with E-state index in [1.807, 2.05) is 6.07 Å². The summed E-state index contributed by atoms with van der Waals surface area (Å²) >= 11 is 0. The summed E-state index contributed by atoms with van der Waals surface area (Å²) in [6.45, 7) is 5.39. The Morgan fingerprint density at radius 1 is 1.44 bits per heavy atom. The van der Waals surface area contributed by atoms with Crippen molar-refractivity contribution in [1.82, 2.24) is 4.90 Å². The van der Waals surface area contributed by atoms with Crippen molar-refractivity contribution in [3.8, 4) is 0 Å². The van der Waals surface area contributed by atoms with E-state index in [2.05, 4.69) is 21.8 Å². The second kappa shape index (κ2) is 5.03. The molecule has 0 amide bonds. The first-order chi connectivity index (χ1) is 7.81. The van der Waals surface area contributed by atoms with Gasteiger partial charge in [-0.1, -0.05) is 0 Å². The molecule has 2 heterocycles. The molecule has 1 aromatic heterocycles. The standard InChI is InChI=1S/C10H14N4O2/c1-8(14-4-6-15-7-5-14)9-2-3-10(16-9)12-13-11/h2-3,8H,4-7H2,1H3. The van der Waals surface area contributed by atoms with Gasteiger partial charge in [0.1, 0.15) is 5.76 Å². The molecular weight excluding hydrogens is 208 g/mol. The number of nitrogens with zero attached hydrogens (tertiary/aromatic N) is 4. The lowest BCUT2D eigenvalue weighted by molar-refractivity contribution is 0.0158. The molecule has 0 radical (unpaired) electrons. The molecule has 0 aliphatic carbocycles. The van der Waals surface area contributed by atoms with E-state index in [0.717, 1.165) is 32.1 Å². The summed E-state index contributed by atoms with van der Waals surface area (Å²) in [6.07, 6.45) is 0. The maximum absolute atomic E-state index is 8.29. The monoisotopic (exact) mass is 222 g/mol. The van der Waals surface area contributed by atoms with Crippen LogP contribution in [0.1, 0.15) is 18.7 Å². The van der Waals surface area contributed by atoms with Gasteiger partial charge < -0.3 is 9.15 Å². The first kappa shape index (κ1) is 11.0. The Hall–Kier alpha value is -1.49. The fourth-order valence-corrected chi connectivity index (χ4v) is 1.81. The van der Waals surface area contributed by atoms with Crippen LogP contribution in [0.3, 0.4) is 0 Å². The lowest BCUT2D eigenvalue weighted by Crippen LogP contribution is -2.37. The summed E-state index contributed by atoms with van der Waals surface area (Å²) in [5.41, 5.74) is 8.29. The quantitative estimate of drug-likeness (QED) is 0.448. The van der Waals surface area contributed by atoms with Crippen LogP contribution < -0.4 is 0 Å². The van der Waals surface area contributed by atoms with Gasteiger partial charge in [-0.25, -0.2) is 0 Å². The molecule has 1 aliphatic rings. The van der Waals surface area contributed by atoms with Gasteiger partial charge >= 0.3 is 0 Å². The van der Waals surface area contributed by atoms with Gasteiger partial charge in [0.25, 0.3) is 0 Å². The highest BCUT2D eigenvalue weighted by molar-refractivity contribution is 5.25. The minimum absolute atomic E-state index is 0.187. The van der Waals surface area contributed by atoms with E-state index in [4.69, 9.17) is 14.7 Å². The lowest BCUT2D eigenvalue weighted by atomic mass is 10.2. The molecule has 86 valence electrons. The van der Waals surface area contributed by atoms with E-state index < -0.39 is 0 Å². The molecule has 0 spiro atoms. The van der Waals surface area contributed by atoms with E-state index in [1.165, 1.54) is 0 Å². The van der Waals surface area contributed by atoms with Gasteiger partial charge in [-0.3, -0.25) is 4.90 Å². The van der Waals surface area contributed by atoms with Crippen molar-refractivity contribution in [3.05, 3.63) is 28.3 Å². The summed E-state index contributed by atoms with van der Waals surface area (Å²) in [4.78, 5) is 4.97. The van der Waals surface area contributed by atoms with Crippen LogP contribution in [0.2, 0.25) is 0 Å². The number of azide groups is 1. The van der Waals surface area contributed by atoms with Crippen molar-refractivity contribution in [2.24, 2.45) is 5.11 Å². The van der Waals surface area contributed by atoms with Crippen LogP contribution in [0.5, 0.6) is 0 Å². The Kier molecular flexibility index (Phi) is 3.46. The number of hydrogen-bond acceptors (Lipinski definition) is 4. The second-order valence-corrected chi connectivity index (χ2v) is 3.69.